The number of benzene rings is 2. The number of hydrogen-bond donors (Lipinski definition) is 3. The standard InChI is InChI=1S/C12H13F3N2O3.C11H13F3N2O/c13-12(14,15)8-5-9(16-11(18)19)7-10(6-8)17-1-3-20-4-2-17;12-11(13,14)8-5-9(15)7-10(6-8)16-1-3-17-4-2-16/h5-7,16H,1-4H2,(H,18,19);5-7H,1-4,15H2. The van der Waals surface area contributed by atoms with Crippen molar-refractivity contribution in [1.29, 1.82) is 0 Å². The molecule has 0 atom stereocenters. The van der Waals surface area contributed by atoms with Crippen molar-refractivity contribution >= 4 is 28.8 Å². The summed E-state index contributed by atoms with van der Waals surface area (Å²) in [4.78, 5) is 14.2. The van der Waals surface area contributed by atoms with E-state index in [1.807, 2.05) is 10.2 Å². The molecule has 0 aromatic heterocycles. The van der Waals surface area contributed by atoms with Crippen LogP contribution in [0.4, 0.5) is 53.9 Å². The van der Waals surface area contributed by atoms with Crippen LogP contribution in [0.25, 0.3) is 0 Å². The molecule has 2 fully saturated rings. The number of nitrogens with one attached hydrogen (secondary N) is 1. The lowest BCUT2D eigenvalue weighted by Crippen LogP contribution is -2.36. The lowest BCUT2D eigenvalue weighted by molar-refractivity contribution is -0.138. The summed E-state index contributed by atoms with van der Waals surface area (Å²) in [5.74, 6) is 0. The lowest BCUT2D eigenvalue weighted by Gasteiger charge is -2.29. The van der Waals surface area contributed by atoms with E-state index >= 15 is 0 Å². The predicted octanol–water partition coefficient (Wildman–Crippen LogP) is 4.76. The van der Waals surface area contributed by atoms with Gasteiger partial charge in [-0.3, -0.25) is 5.32 Å². The average molecular weight is 536 g/mol. The largest absolute Gasteiger partial charge is 0.465 e. The minimum Gasteiger partial charge on any atom is -0.465 e. The number of rotatable bonds is 3. The minimum absolute atomic E-state index is 0.103. The van der Waals surface area contributed by atoms with E-state index in [2.05, 4.69) is 0 Å². The number of nitrogens with zero attached hydrogens (tertiary/aromatic N) is 2. The Kier molecular flexibility index (Phi) is 8.97. The first-order valence-corrected chi connectivity index (χ1v) is 11.2. The molecule has 14 heteroatoms. The fourth-order valence-corrected chi connectivity index (χ4v) is 3.78. The van der Waals surface area contributed by atoms with Gasteiger partial charge in [0.1, 0.15) is 0 Å². The van der Waals surface area contributed by atoms with Crippen LogP contribution in [0.5, 0.6) is 0 Å². The Hall–Kier alpha value is -3.39. The molecule has 1 amide bonds. The molecule has 2 heterocycles. The van der Waals surface area contributed by atoms with E-state index in [4.69, 9.17) is 20.3 Å². The first-order valence-electron chi connectivity index (χ1n) is 11.2. The summed E-state index contributed by atoms with van der Waals surface area (Å²) < 4.78 is 86.6. The fourth-order valence-electron chi connectivity index (χ4n) is 3.78. The topological polar surface area (TPSA) is 100 Å². The van der Waals surface area contributed by atoms with Crippen molar-refractivity contribution in [2.75, 3.05) is 73.5 Å². The predicted molar refractivity (Wildman–Crippen MR) is 125 cm³/mol. The Labute approximate surface area is 208 Å². The van der Waals surface area contributed by atoms with Gasteiger partial charge < -0.3 is 30.1 Å². The summed E-state index contributed by atoms with van der Waals surface area (Å²) >= 11 is 0. The van der Waals surface area contributed by atoms with Gasteiger partial charge in [-0.2, -0.15) is 26.3 Å². The van der Waals surface area contributed by atoms with Gasteiger partial charge in [-0.25, -0.2) is 4.79 Å². The van der Waals surface area contributed by atoms with Crippen LogP contribution in [0.15, 0.2) is 36.4 Å². The summed E-state index contributed by atoms with van der Waals surface area (Å²) in [6.07, 6.45) is -10.3. The van der Waals surface area contributed by atoms with Crippen LogP contribution in [0, 0.1) is 0 Å². The van der Waals surface area contributed by atoms with Crippen molar-refractivity contribution in [3.8, 4) is 0 Å². The van der Waals surface area contributed by atoms with Gasteiger partial charge in [0.05, 0.1) is 37.6 Å². The first-order chi connectivity index (χ1) is 17.3. The number of anilines is 4. The van der Waals surface area contributed by atoms with Crippen molar-refractivity contribution in [2.45, 2.75) is 12.4 Å². The smallest absolute Gasteiger partial charge is 0.416 e. The molecule has 8 nitrogen and oxygen atoms in total. The van der Waals surface area contributed by atoms with E-state index in [1.165, 1.54) is 6.07 Å². The monoisotopic (exact) mass is 536 g/mol. The maximum Gasteiger partial charge on any atom is 0.416 e. The molecule has 37 heavy (non-hydrogen) atoms. The maximum absolute atomic E-state index is 12.8. The highest BCUT2D eigenvalue weighted by molar-refractivity contribution is 5.84. The van der Waals surface area contributed by atoms with Crippen molar-refractivity contribution in [3.63, 3.8) is 0 Å². The van der Waals surface area contributed by atoms with E-state index in [9.17, 15) is 31.1 Å². The van der Waals surface area contributed by atoms with Gasteiger partial charge in [-0.15, -0.1) is 0 Å². The number of halogens is 6. The summed E-state index contributed by atoms with van der Waals surface area (Å²) in [6, 6.07) is 6.80. The second kappa shape index (κ2) is 11.8. The number of carboxylic acid groups (broad SMARTS) is 1. The van der Waals surface area contributed by atoms with Crippen LogP contribution >= 0.6 is 0 Å². The molecule has 4 N–H and O–H groups in total. The van der Waals surface area contributed by atoms with Gasteiger partial charge in [0.15, 0.2) is 0 Å². The molecule has 0 aliphatic carbocycles. The zero-order valence-corrected chi connectivity index (χ0v) is 19.5. The van der Waals surface area contributed by atoms with E-state index in [-0.39, 0.29) is 11.4 Å². The zero-order valence-electron chi connectivity index (χ0n) is 19.5. The molecule has 0 unspecified atom stereocenters. The molecule has 0 bridgehead atoms. The molecule has 2 aliphatic heterocycles. The van der Waals surface area contributed by atoms with Gasteiger partial charge in [0, 0.05) is 48.9 Å². The maximum atomic E-state index is 12.8. The number of morpholine rings is 2. The molecule has 204 valence electrons. The highest BCUT2D eigenvalue weighted by Crippen LogP contribution is 2.35. The lowest BCUT2D eigenvalue weighted by atomic mass is 10.1. The Balaban J connectivity index is 0.000000208. The van der Waals surface area contributed by atoms with Crippen LogP contribution in [0.2, 0.25) is 0 Å². The van der Waals surface area contributed by atoms with Crippen LogP contribution in [0.1, 0.15) is 11.1 Å². The zero-order chi connectivity index (χ0) is 27.2. The van der Waals surface area contributed by atoms with E-state index in [0.29, 0.717) is 64.0 Å². The van der Waals surface area contributed by atoms with Crippen LogP contribution < -0.4 is 20.9 Å². The van der Waals surface area contributed by atoms with Crippen LogP contribution in [-0.2, 0) is 21.8 Å². The third-order valence-electron chi connectivity index (χ3n) is 5.52. The Morgan fingerprint density at radius 3 is 1.62 bits per heavy atom. The summed E-state index contributed by atoms with van der Waals surface area (Å²) in [5.41, 5.74) is 4.76. The third-order valence-corrected chi connectivity index (χ3v) is 5.52. The van der Waals surface area contributed by atoms with E-state index in [0.717, 1.165) is 24.3 Å². The van der Waals surface area contributed by atoms with Crippen LogP contribution in [0.3, 0.4) is 0 Å². The molecule has 4 rings (SSSR count). The van der Waals surface area contributed by atoms with E-state index < -0.39 is 29.6 Å². The normalized spacial score (nSPS) is 16.6. The molecule has 0 radical (unpaired) electrons. The van der Waals surface area contributed by atoms with Crippen molar-refractivity contribution in [1.82, 2.24) is 0 Å². The summed E-state index contributed by atoms with van der Waals surface area (Å²) in [5, 5.41) is 10.6. The quantitative estimate of drug-likeness (QED) is 0.384. The average Bonchev–Trinajstić information content (AvgIpc) is 2.83. The minimum atomic E-state index is -4.53. The molecule has 2 aliphatic rings. The van der Waals surface area contributed by atoms with Gasteiger partial charge in [-0.1, -0.05) is 0 Å². The van der Waals surface area contributed by atoms with Crippen molar-refractivity contribution < 1.29 is 45.7 Å². The number of alkyl halides is 6. The van der Waals surface area contributed by atoms with Gasteiger partial charge >= 0.3 is 18.4 Å². The number of hydrogen-bond acceptors (Lipinski definition) is 6. The SMILES string of the molecule is Nc1cc(N2CCOCC2)cc(C(F)(F)F)c1.O=C(O)Nc1cc(N2CCOCC2)cc(C(F)(F)F)c1. The molecule has 0 spiro atoms. The van der Waals surface area contributed by atoms with Gasteiger partial charge in [0.2, 0.25) is 0 Å². The highest BCUT2D eigenvalue weighted by atomic mass is 19.4. The van der Waals surface area contributed by atoms with E-state index in [1.54, 1.807) is 11.0 Å². The van der Waals surface area contributed by atoms with Crippen molar-refractivity contribution in [3.05, 3.63) is 47.5 Å². The molecular weight excluding hydrogens is 510 g/mol. The molecule has 0 saturated carbocycles. The third kappa shape index (κ3) is 8.32. The number of ether oxygens (including phenoxy) is 2. The second-order valence-corrected chi connectivity index (χ2v) is 8.21. The molecule has 2 aromatic carbocycles. The van der Waals surface area contributed by atoms with Crippen LogP contribution in [-0.4, -0.2) is 63.8 Å². The van der Waals surface area contributed by atoms with Crippen molar-refractivity contribution in [2.24, 2.45) is 0 Å². The molecule has 2 aromatic rings. The second-order valence-electron chi connectivity index (χ2n) is 8.21. The number of nitrogens with two attached hydrogens (primary N) is 1. The Bertz CT molecular complexity index is 1070. The Morgan fingerprint density at radius 2 is 1.19 bits per heavy atom. The number of amides is 1. The fraction of sp³-hybridized carbons (Fsp3) is 0.435. The Morgan fingerprint density at radius 1 is 0.757 bits per heavy atom. The highest BCUT2D eigenvalue weighted by Gasteiger charge is 2.33. The van der Waals surface area contributed by atoms with Gasteiger partial charge in [0.25, 0.3) is 0 Å². The number of nitrogen functional groups attached to an aromatic ring is 1. The first kappa shape index (κ1) is 28.2. The molecule has 2 saturated heterocycles. The summed E-state index contributed by atoms with van der Waals surface area (Å²) in [6.45, 7) is 4.01. The molecular formula is C23H26F6N4O4. The number of carbonyl (C=O) groups is 1. The van der Waals surface area contributed by atoms with Gasteiger partial charge in [-0.05, 0) is 36.4 Å². The summed E-state index contributed by atoms with van der Waals surface area (Å²) in [7, 11) is 0.